The molecule has 5 heteroatoms. The number of hydrogen-bond acceptors (Lipinski definition) is 2. The van der Waals surface area contributed by atoms with Gasteiger partial charge < -0.3 is 14.9 Å². The van der Waals surface area contributed by atoms with E-state index in [0.717, 1.165) is 12.8 Å². The predicted molar refractivity (Wildman–Crippen MR) is 89.5 cm³/mol. The number of nitrogens with zero attached hydrogens (tertiary/aromatic N) is 1. The number of unbranched alkanes of at least 4 members (excludes halogenated alkanes) is 8. The topological polar surface area (TPSA) is 66.4 Å². The fourth-order valence-electron chi connectivity index (χ4n) is 2.41. The highest BCUT2D eigenvalue weighted by atomic mass is 16.4. The summed E-state index contributed by atoms with van der Waals surface area (Å²) in [6.07, 6.45) is 11.7. The van der Waals surface area contributed by atoms with Gasteiger partial charge in [-0.15, -0.1) is 0 Å². The fourth-order valence-corrected chi connectivity index (χ4v) is 2.41. The summed E-state index contributed by atoms with van der Waals surface area (Å²) in [5.74, 6) is -0.822. The van der Waals surface area contributed by atoms with Crippen LogP contribution in [0.2, 0.25) is 0 Å². The number of rotatable bonds is 14. The molecule has 5 nitrogen and oxygen atoms in total. The highest BCUT2D eigenvalue weighted by Crippen LogP contribution is 2.10. The van der Waals surface area contributed by atoms with Gasteiger partial charge in [0, 0.05) is 6.42 Å². The van der Waals surface area contributed by atoms with Crippen molar-refractivity contribution in [3.63, 3.8) is 0 Å². The van der Waals surface area contributed by atoms with Crippen molar-refractivity contribution < 1.29 is 19.2 Å². The molecular weight excluding hydrogens is 280 g/mol. The van der Waals surface area contributed by atoms with Crippen LogP contribution in [0.4, 0.5) is 0 Å². The third-order valence-corrected chi connectivity index (χ3v) is 3.77. The van der Waals surface area contributed by atoms with E-state index in [1.54, 1.807) is 14.1 Å². The molecule has 0 aliphatic rings. The average Bonchev–Trinajstić information content (AvgIpc) is 2.42. The summed E-state index contributed by atoms with van der Waals surface area (Å²) in [6, 6.07) is 0. The zero-order valence-corrected chi connectivity index (χ0v) is 14.7. The fraction of sp³-hybridized carbons (Fsp3) is 0.882. The number of carboxylic acids is 1. The van der Waals surface area contributed by atoms with Gasteiger partial charge in [-0.3, -0.25) is 4.79 Å². The van der Waals surface area contributed by atoms with E-state index in [2.05, 4.69) is 12.2 Å². The van der Waals surface area contributed by atoms with E-state index >= 15 is 0 Å². The number of likely N-dealkylation sites (N-methyl/N-ethyl adjacent to an activating group) is 1. The second-order valence-corrected chi connectivity index (χ2v) is 6.82. The van der Waals surface area contributed by atoms with Gasteiger partial charge in [0.1, 0.15) is 0 Å². The molecule has 0 aliphatic heterocycles. The first-order chi connectivity index (χ1) is 10.4. The molecule has 0 aliphatic carbocycles. The van der Waals surface area contributed by atoms with Crippen molar-refractivity contribution in [3.05, 3.63) is 0 Å². The minimum Gasteiger partial charge on any atom is -0.477 e. The zero-order valence-electron chi connectivity index (χ0n) is 14.7. The van der Waals surface area contributed by atoms with E-state index in [1.807, 2.05) is 0 Å². The summed E-state index contributed by atoms with van der Waals surface area (Å²) in [6.45, 7) is 2.60. The predicted octanol–water partition coefficient (Wildman–Crippen LogP) is 3.14. The van der Waals surface area contributed by atoms with E-state index in [0.29, 0.717) is 13.1 Å². The van der Waals surface area contributed by atoms with Gasteiger partial charge in [-0.25, -0.2) is 4.79 Å². The molecule has 130 valence electrons. The van der Waals surface area contributed by atoms with Crippen LogP contribution in [0, 0.1) is 0 Å². The SMILES string of the molecule is CCCCCCCCCCCC(=O)NC[N+](C)(C)CC(=O)O. The van der Waals surface area contributed by atoms with Gasteiger partial charge in [0.15, 0.2) is 13.2 Å². The lowest BCUT2D eigenvalue weighted by atomic mass is 10.1. The Morgan fingerprint density at radius 3 is 1.91 bits per heavy atom. The first kappa shape index (κ1) is 20.9. The van der Waals surface area contributed by atoms with Crippen molar-refractivity contribution in [2.45, 2.75) is 71.1 Å². The van der Waals surface area contributed by atoms with Crippen LogP contribution in [0.3, 0.4) is 0 Å². The molecule has 0 saturated heterocycles. The van der Waals surface area contributed by atoms with E-state index in [1.165, 1.54) is 44.9 Å². The number of carboxylic acid groups (broad SMARTS) is 1. The molecule has 1 amide bonds. The molecule has 0 atom stereocenters. The number of carbonyl (C=O) groups excluding carboxylic acids is 1. The summed E-state index contributed by atoms with van der Waals surface area (Å²) in [5, 5.41) is 11.6. The van der Waals surface area contributed by atoms with Crippen LogP contribution in [0.5, 0.6) is 0 Å². The van der Waals surface area contributed by atoms with E-state index in [4.69, 9.17) is 5.11 Å². The van der Waals surface area contributed by atoms with Crippen LogP contribution in [0.25, 0.3) is 0 Å². The monoisotopic (exact) mass is 315 g/mol. The van der Waals surface area contributed by atoms with Crippen molar-refractivity contribution in [1.29, 1.82) is 0 Å². The highest BCUT2D eigenvalue weighted by Gasteiger charge is 2.19. The van der Waals surface area contributed by atoms with Crippen molar-refractivity contribution in [1.82, 2.24) is 5.32 Å². The number of hydrogen-bond donors (Lipinski definition) is 2. The highest BCUT2D eigenvalue weighted by molar-refractivity contribution is 5.75. The molecule has 0 aromatic rings. The number of amides is 1. The zero-order chi connectivity index (χ0) is 16.8. The Hall–Kier alpha value is -1.10. The second-order valence-electron chi connectivity index (χ2n) is 6.82. The Morgan fingerprint density at radius 2 is 1.41 bits per heavy atom. The van der Waals surface area contributed by atoms with Gasteiger partial charge in [0.2, 0.25) is 5.91 Å². The first-order valence-corrected chi connectivity index (χ1v) is 8.68. The molecule has 2 N–H and O–H groups in total. The lowest BCUT2D eigenvalue weighted by Crippen LogP contribution is -2.50. The minimum atomic E-state index is -0.849. The Balaban J connectivity index is 3.48. The molecule has 0 heterocycles. The molecule has 0 radical (unpaired) electrons. The van der Waals surface area contributed by atoms with E-state index < -0.39 is 5.97 Å². The lowest BCUT2D eigenvalue weighted by Gasteiger charge is -2.27. The lowest BCUT2D eigenvalue weighted by molar-refractivity contribution is -0.884. The normalized spacial score (nSPS) is 11.4. The first-order valence-electron chi connectivity index (χ1n) is 8.68. The molecule has 0 rings (SSSR count). The molecule has 0 aromatic heterocycles. The van der Waals surface area contributed by atoms with Crippen LogP contribution in [-0.2, 0) is 9.59 Å². The van der Waals surface area contributed by atoms with E-state index in [9.17, 15) is 9.59 Å². The summed E-state index contributed by atoms with van der Waals surface area (Å²) in [5.41, 5.74) is 0. The Labute approximate surface area is 135 Å². The van der Waals surface area contributed by atoms with Gasteiger partial charge >= 0.3 is 5.97 Å². The van der Waals surface area contributed by atoms with Crippen LogP contribution >= 0.6 is 0 Å². The van der Waals surface area contributed by atoms with Gasteiger partial charge in [0.05, 0.1) is 14.1 Å². The Kier molecular flexibility index (Phi) is 11.8. The second kappa shape index (κ2) is 12.4. The van der Waals surface area contributed by atoms with Crippen molar-refractivity contribution in [3.8, 4) is 0 Å². The Bertz CT molecular complexity index is 317. The van der Waals surface area contributed by atoms with Crippen LogP contribution in [0.1, 0.15) is 71.1 Å². The maximum atomic E-state index is 11.7. The number of carbonyl (C=O) groups is 2. The van der Waals surface area contributed by atoms with E-state index in [-0.39, 0.29) is 16.9 Å². The van der Waals surface area contributed by atoms with Crippen molar-refractivity contribution in [2.24, 2.45) is 0 Å². The third-order valence-electron chi connectivity index (χ3n) is 3.77. The molecule has 0 bridgehead atoms. The van der Waals surface area contributed by atoms with Crippen molar-refractivity contribution in [2.75, 3.05) is 27.3 Å². The number of nitrogens with one attached hydrogen (secondary N) is 1. The van der Waals surface area contributed by atoms with Gasteiger partial charge in [-0.1, -0.05) is 58.3 Å². The van der Waals surface area contributed by atoms with Gasteiger partial charge in [-0.2, -0.15) is 0 Å². The maximum absolute atomic E-state index is 11.7. The maximum Gasteiger partial charge on any atom is 0.359 e. The molecule has 0 aromatic carbocycles. The van der Waals surface area contributed by atoms with Gasteiger partial charge in [0.25, 0.3) is 0 Å². The summed E-state index contributed by atoms with van der Waals surface area (Å²) in [4.78, 5) is 22.4. The van der Waals surface area contributed by atoms with Crippen LogP contribution in [0.15, 0.2) is 0 Å². The summed E-state index contributed by atoms with van der Waals surface area (Å²) < 4.78 is 0.263. The molecule has 0 fully saturated rings. The van der Waals surface area contributed by atoms with Gasteiger partial charge in [-0.05, 0) is 6.42 Å². The average molecular weight is 315 g/mol. The third kappa shape index (κ3) is 13.9. The van der Waals surface area contributed by atoms with Crippen molar-refractivity contribution >= 4 is 11.9 Å². The number of aliphatic carboxylic acids is 1. The summed E-state index contributed by atoms with van der Waals surface area (Å²) >= 11 is 0. The van der Waals surface area contributed by atoms with Crippen LogP contribution < -0.4 is 5.32 Å². The Morgan fingerprint density at radius 1 is 0.909 bits per heavy atom. The largest absolute Gasteiger partial charge is 0.477 e. The minimum absolute atomic E-state index is 0.0122. The number of quaternary nitrogens is 1. The molecule has 0 saturated carbocycles. The quantitative estimate of drug-likeness (QED) is 0.294. The molecular formula is C17H35N2O3+. The molecule has 0 unspecified atom stereocenters. The molecule has 0 spiro atoms. The smallest absolute Gasteiger partial charge is 0.359 e. The standard InChI is InChI=1S/C17H34N2O3/c1-4-5-6-7-8-9-10-11-12-13-16(20)18-15-19(2,3)14-17(21)22/h4-15H2,1-3H3,(H-,18,20,21,22)/p+1. The van der Waals surface area contributed by atoms with Crippen LogP contribution in [-0.4, -0.2) is 48.8 Å². The summed E-state index contributed by atoms with van der Waals surface area (Å²) in [7, 11) is 3.60. The molecule has 22 heavy (non-hydrogen) atoms.